The highest BCUT2D eigenvalue weighted by atomic mass is 15.0. The van der Waals surface area contributed by atoms with Gasteiger partial charge in [-0.25, -0.2) is 0 Å². The molecule has 3 N–H and O–H groups in total. The number of rotatable bonds is 2. The Labute approximate surface area is 108 Å². The van der Waals surface area contributed by atoms with Crippen LogP contribution in [0.3, 0.4) is 0 Å². The molecule has 4 saturated carbocycles. The molecule has 4 fully saturated rings. The molecule has 0 atom stereocenters. The van der Waals surface area contributed by atoms with Crippen LogP contribution in [0.4, 0.5) is 11.4 Å². The van der Waals surface area contributed by atoms with E-state index in [0.29, 0.717) is 5.54 Å². The van der Waals surface area contributed by atoms with Crippen molar-refractivity contribution in [2.75, 3.05) is 11.1 Å². The molecule has 96 valence electrons. The molecule has 5 rings (SSSR count). The van der Waals surface area contributed by atoms with Crippen molar-refractivity contribution in [3.8, 4) is 0 Å². The van der Waals surface area contributed by atoms with Crippen molar-refractivity contribution >= 4 is 11.4 Å². The van der Waals surface area contributed by atoms with Crippen molar-refractivity contribution in [3.63, 3.8) is 0 Å². The van der Waals surface area contributed by atoms with E-state index in [-0.39, 0.29) is 0 Å². The molecule has 3 nitrogen and oxygen atoms in total. The monoisotopic (exact) mass is 243 g/mol. The van der Waals surface area contributed by atoms with Crippen molar-refractivity contribution < 1.29 is 0 Å². The first kappa shape index (κ1) is 10.7. The van der Waals surface area contributed by atoms with E-state index in [0.717, 1.165) is 29.1 Å². The molecule has 4 aliphatic rings. The van der Waals surface area contributed by atoms with Gasteiger partial charge >= 0.3 is 0 Å². The maximum atomic E-state index is 6.05. The fourth-order valence-corrected chi connectivity index (χ4v) is 5.06. The Bertz CT molecular complexity index is 433. The van der Waals surface area contributed by atoms with Gasteiger partial charge in [0.05, 0.1) is 17.6 Å². The van der Waals surface area contributed by atoms with Gasteiger partial charge in [0.15, 0.2) is 0 Å². The molecule has 4 bridgehead atoms. The van der Waals surface area contributed by atoms with Crippen molar-refractivity contribution in [1.82, 2.24) is 4.98 Å². The zero-order valence-electron chi connectivity index (χ0n) is 10.7. The highest BCUT2D eigenvalue weighted by Gasteiger charge is 2.50. The van der Waals surface area contributed by atoms with Crippen LogP contribution >= 0.6 is 0 Å². The summed E-state index contributed by atoms with van der Waals surface area (Å²) in [5, 5.41) is 3.77. The summed E-state index contributed by atoms with van der Waals surface area (Å²) in [6.07, 6.45) is 12.1. The van der Waals surface area contributed by atoms with Crippen LogP contribution in [0.2, 0.25) is 0 Å². The van der Waals surface area contributed by atoms with Crippen molar-refractivity contribution in [3.05, 3.63) is 18.5 Å². The minimum atomic E-state index is 0.325. The van der Waals surface area contributed by atoms with Crippen LogP contribution in [0.15, 0.2) is 18.5 Å². The minimum absolute atomic E-state index is 0.325. The van der Waals surface area contributed by atoms with Crippen LogP contribution in [0.1, 0.15) is 38.5 Å². The lowest BCUT2D eigenvalue weighted by atomic mass is 9.53. The number of nitrogens with zero attached hydrogens (tertiary/aromatic N) is 1. The number of pyridine rings is 1. The average Bonchev–Trinajstić information content (AvgIpc) is 2.30. The number of aromatic nitrogens is 1. The highest BCUT2D eigenvalue weighted by Crippen LogP contribution is 2.56. The Kier molecular flexibility index (Phi) is 2.14. The van der Waals surface area contributed by atoms with Gasteiger partial charge in [0, 0.05) is 11.7 Å². The van der Waals surface area contributed by atoms with Gasteiger partial charge in [-0.15, -0.1) is 0 Å². The van der Waals surface area contributed by atoms with Gasteiger partial charge in [-0.1, -0.05) is 0 Å². The normalized spacial score (nSPS) is 41.0. The zero-order valence-corrected chi connectivity index (χ0v) is 10.7. The molecule has 0 radical (unpaired) electrons. The topological polar surface area (TPSA) is 50.9 Å². The lowest BCUT2D eigenvalue weighted by molar-refractivity contribution is 0.0107. The number of nitrogens with two attached hydrogens (primary N) is 1. The third kappa shape index (κ3) is 1.60. The van der Waals surface area contributed by atoms with Gasteiger partial charge < -0.3 is 11.1 Å². The smallest absolute Gasteiger partial charge is 0.0764 e. The standard InChI is InChI=1S/C15H21N3/c16-13-1-2-17-9-14(13)18-15-6-10-3-11(7-15)5-12(4-10)8-15/h1-2,9-12,18H,3-8H2,(H2,16,17). The second-order valence-electron chi connectivity index (χ2n) is 6.79. The van der Waals surface area contributed by atoms with Crippen LogP contribution in [0.25, 0.3) is 0 Å². The molecule has 0 spiro atoms. The summed E-state index contributed by atoms with van der Waals surface area (Å²) in [7, 11) is 0. The molecule has 1 heterocycles. The number of hydrogen-bond acceptors (Lipinski definition) is 3. The largest absolute Gasteiger partial charge is 0.397 e. The summed E-state index contributed by atoms with van der Waals surface area (Å²) < 4.78 is 0. The van der Waals surface area contributed by atoms with Crippen LogP contribution in [-0.4, -0.2) is 10.5 Å². The summed E-state index contributed by atoms with van der Waals surface area (Å²) in [6, 6.07) is 1.89. The number of hydrogen-bond donors (Lipinski definition) is 2. The predicted molar refractivity (Wildman–Crippen MR) is 73.2 cm³/mol. The minimum Gasteiger partial charge on any atom is -0.397 e. The van der Waals surface area contributed by atoms with Crippen LogP contribution < -0.4 is 11.1 Å². The number of nitrogens with one attached hydrogen (secondary N) is 1. The van der Waals surface area contributed by atoms with Crippen molar-refractivity contribution in [2.24, 2.45) is 17.8 Å². The lowest BCUT2D eigenvalue weighted by Crippen LogP contribution is -2.54. The molecular weight excluding hydrogens is 222 g/mol. The number of nitrogen functional groups attached to an aromatic ring is 1. The Morgan fingerprint density at radius 3 is 2.28 bits per heavy atom. The zero-order chi connectivity index (χ0) is 12.2. The van der Waals surface area contributed by atoms with Gasteiger partial charge in [-0.2, -0.15) is 0 Å². The molecule has 1 aromatic heterocycles. The second-order valence-corrected chi connectivity index (χ2v) is 6.79. The average molecular weight is 243 g/mol. The molecule has 18 heavy (non-hydrogen) atoms. The molecule has 3 heteroatoms. The molecule has 0 aromatic carbocycles. The first-order valence-electron chi connectivity index (χ1n) is 7.20. The summed E-state index contributed by atoms with van der Waals surface area (Å²) in [5.74, 6) is 2.88. The summed E-state index contributed by atoms with van der Waals surface area (Å²) in [6.45, 7) is 0. The van der Waals surface area contributed by atoms with E-state index in [1.165, 1.54) is 38.5 Å². The van der Waals surface area contributed by atoms with Crippen LogP contribution in [-0.2, 0) is 0 Å². The van der Waals surface area contributed by atoms with Crippen LogP contribution in [0, 0.1) is 17.8 Å². The Morgan fingerprint density at radius 1 is 1.11 bits per heavy atom. The predicted octanol–water partition coefficient (Wildman–Crippen LogP) is 3.04. The van der Waals surface area contributed by atoms with Crippen molar-refractivity contribution in [1.29, 1.82) is 0 Å². The SMILES string of the molecule is Nc1ccncc1NC12CC3CC(CC(C3)C1)C2. The fraction of sp³-hybridized carbons (Fsp3) is 0.667. The maximum absolute atomic E-state index is 6.05. The van der Waals surface area contributed by atoms with Crippen LogP contribution in [0.5, 0.6) is 0 Å². The molecule has 4 aliphatic carbocycles. The molecule has 0 unspecified atom stereocenters. The van der Waals surface area contributed by atoms with E-state index < -0.39 is 0 Å². The lowest BCUT2D eigenvalue weighted by Gasteiger charge is -2.57. The van der Waals surface area contributed by atoms with Gasteiger partial charge in [0.1, 0.15) is 0 Å². The summed E-state index contributed by atoms with van der Waals surface area (Å²) in [4.78, 5) is 4.20. The quantitative estimate of drug-likeness (QED) is 0.839. The Hall–Kier alpha value is -1.25. The van der Waals surface area contributed by atoms with E-state index in [4.69, 9.17) is 5.73 Å². The first-order chi connectivity index (χ1) is 8.72. The molecular formula is C15H21N3. The van der Waals surface area contributed by atoms with E-state index in [1.54, 1.807) is 6.20 Å². The second kappa shape index (κ2) is 3.62. The van der Waals surface area contributed by atoms with Gasteiger partial charge in [-0.3, -0.25) is 4.98 Å². The van der Waals surface area contributed by atoms with Gasteiger partial charge in [0.2, 0.25) is 0 Å². The third-order valence-corrected chi connectivity index (χ3v) is 5.29. The molecule has 0 aliphatic heterocycles. The Balaban J connectivity index is 1.63. The highest BCUT2D eigenvalue weighted by molar-refractivity contribution is 5.65. The van der Waals surface area contributed by atoms with E-state index in [2.05, 4.69) is 10.3 Å². The Morgan fingerprint density at radius 2 is 1.72 bits per heavy atom. The molecule has 1 aromatic rings. The van der Waals surface area contributed by atoms with Gasteiger partial charge in [0.25, 0.3) is 0 Å². The summed E-state index contributed by atoms with van der Waals surface area (Å²) in [5.41, 5.74) is 8.25. The van der Waals surface area contributed by atoms with Gasteiger partial charge in [-0.05, 0) is 62.3 Å². The molecule has 0 amide bonds. The molecule has 0 saturated heterocycles. The van der Waals surface area contributed by atoms with E-state index in [1.807, 2.05) is 12.3 Å². The maximum Gasteiger partial charge on any atom is 0.0764 e. The summed E-state index contributed by atoms with van der Waals surface area (Å²) >= 11 is 0. The fourth-order valence-electron chi connectivity index (χ4n) is 5.06. The first-order valence-corrected chi connectivity index (χ1v) is 7.20. The third-order valence-electron chi connectivity index (χ3n) is 5.29. The van der Waals surface area contributed by atoms with E-state index >= 15 is 0 Å². The van der Waals surface area contributed by atoms with E-state index in [9.17, 15) is 0 Å². The van der Waals surface area contributed by atoms with Crippen molar-refractivity contribution in [2.45, 2.75) is 44.1 Å². The number of anilines is 2.